The molecule has 0 bridgehead atoms. The van der Waals surface area contributed by atoms with E-state index in [2.05, 4.69) is 20.9 Å². The van der Waals surface area contributed by atoms with E-state index in [0.29, 0.717) is 18.7 Å². The molecule has 0 saturated carbocycles. The van der Waals surface area contributed by atoms with E-state index < -0.39 is 11.9 Å². The van der Waals surface area contributed by atoms with Crippen LogP contribution in [0, 0.1) is 5.92 Å². The number of carbonyl (C=O) groups is 2. The van der Waals surface area contributed by atoms with Crippen LogP contribution in [0.3, 0.4) is 0 Å². The Kier molecular flexibility index (Phi) is 3.71. The Hall–Kier alpha value is -1.82. The summed E-state index contributed by atoms with van der Waals surface area (Å²) in [6.07, 6.45) is 1.37. The highest BCUT2D eigenvalue weighted by Crippen LogP contribution is 2.23. The predicted octanol–water partition coefficient (Wildman–Crippen LogP) is 2.87. The molecule has 6 heteroatoms. The number of carbonyl (C=O) groups excluding carboxylic acids is 1. The highest BCUT2D eigenvalue weighted by molar-refractivity contribution is 9.10. The van der Waals surface area contributed by atoms with Crippen LogP contribution >= 0.6 is 15.9 Å². The maximum Gasteiger partial charge on any atom is 0.308 e. The lowest BCUT2D eigenvalue weighted by Crippen LogP contribution is -2.42. The summed E-state index contributed by atoms with van der Waals surface area (Å²) in [6, 6.07) is 7.58. The SMILES string of the molecule is O=C(O)C1CCCN(C(=O)c2cc3cc(Br)ccc3[nH]2)C1. The Morgan fingerprint density at radius 1 is 1.33 bits per heavy atom. The highest BCUT2D eigenvalue weighted by atomic mass is 79.9. The van der Waals surface area contributed by atoms with Gasteiger partial charge >= 0.3 is 5.97 Å². The number of aromatic amines is 1. The van der Waals surface area contributed by atoms with Gasteiger partial charge in [0.2, 0.25) is 0 Å². The van der Waals surface area contributed by atoms with E-state index in [1.165, 1.54) is 0 Å². The monoisotopic (exact) mass is 350 g/mol. The Balaban J connectivity index is 1.84. The molecule has 3 rings (SSSR count). The number of rotatable bonds is 2. The molecule has 2 heterocycles. The molecule has 1 aromatic carbocycles. The maximum atomic E-state index is 12.5. The van der Waals surface area contributed by atoms with Crippen molar-refractivity contribution in [2.45, 2.75) is 12.8 Å². The smallest absolute Gasteiger partial charge is 0.308 e. The van der Waals surface area contributed by atoms with E-state index in [4.69, 9.17) is 5.11 Å². The average molecular weight is 351 g/mol. The minimum absolute atomic E-state index is 0.131. The molecule has 2 aromatic rings. The summed E-state index contributed by atoms with van der Waals surface area (Å²) in [5, 5.41) is 10.1. The fourth-order valence-electron chi connectivity index (χ4n) is 2.75. The van der Waals surface area contributed by atoms with Crippen molar-refractivity contribution in [1.82, 2.24) is 9.88 Å². The molecule has 21 heavy (non-hydrogen) atoms. The van der Waals surface area contributed by atoms with Gasteiger partial charge in [-0.15, -0.1) is 0 Å². The third kappa shape index (κ3) is 2.81. The number of nitrogens with one attached hydrogen (secondary N) is 1. The Morgan fingerprint density at radius 2 is 2.14 bits per heavy atom. The van der Waals surface area contributed by atoms with Crippen LogP contribution in [0.4, 0.5) is 0 Å². The molecular formula is C15H15BrN2O3. The summed E-state index contributed by atoms with van der Waals surface area (Å²) in [7, 11) is 0. The van der Waals surface area contributed by atoms with E-state index in [0.717, 1.165) is 21.8 Å². The zero-order chi connectivity index (χ0) is 15.0. The normalized spacial score (nSPS) is 18.9. The van der Waals surface area contributed by atoms with Crippen molar-refractivity contribution in [3.05, 3.63) is 34.4 Å². The van der Waals surface area contributed by atoms with Crippen LogP contribution in [0.2, 0.25) is 0 Å². The molecule has 0 radical (unpaired) electrons. The number of aromatic nitrogens is 1. The van der Waals surface area contributed by atoms with Crippen molar-refractivity contribution in [1.29, 1.82) is 0 Å². The predicted molar refractivity (Wildman–Crippen MR) is 82.3 cm³/mol. The number of amides is 1. The topological polar surface area (TPSA) is 73.4 Å². The molecule has 1 aliphatic heterocycles. The van der Waals surface area contributed by atoms with Crippen LogP contribution in [0.25, 0.3) is 10.9 Å². The van der Waals surface area contributed by atoms with Gasteiger partial charge in [0.15, 0.2) is 0 Å². The number of hydrogen-bond acceptors (Lipinski definition) is 2. The number of aliphatic carboxylic acids is 1. The van der Waals surface area contributed by atoms with Crippen molar-refractivity contribution >= 4 is 38.7 Å². The first-order valence-electron chi connectivity index (χ1n) is 6.85. The van der Waals surface area contributed by atoms with Gasteiger partial charge in [-0.3, -0.25) is 9.59 Å². The van der Waals surface area contributed by atoms with Crippen molar-refractivity contribution in [3.8, 4) is 0 Å². The molecule has 2 N–H and O–H groups in total. The molecule has 1 saturated heterocycles. The first-order chi connectivity index (χ1) is 10.0. The van der Waals surface area contributed by atoms with Crippen molar-refractivity contribution < 1.29 is 14.7 Å². The number of hydrogen-bond donors (Lipinski definition) is 2. The van der Waals surface area contributed by atoms with E-state index in [1.807, 2.05) is 24.3 Å². The molecule has 1 aromatic heterocycles. The van der Waals surface area contributed by atoms with E-state index in [9.17, 15) is 9.59 Å². The third-order valence-electron chi connectivity index (χ3n) is 3.87. The fourth-order valence-corrected chi connectivity index (χ4v) is 3.13. The van der Waals surface area contributed by atoms with Crippen LogP contribution in [-0.2, 0) is 4.79 Å². The third-order valence-corrected chi connectivity index (χ3v) is 4.36. The standard InChI is InChI=1S/C15H15BrN2O3/c16-11-3-4-12-10(6-11)7-13(17-12)14(19)18-5-1-2-9(8-18)15(20)21/h3-4,6-7,9,17H,1-2,5,8H2,(H,20,21). The van der Waals surface area contributed by atoms with Crippen LogP contribution in [0.15, 0.2) is 28.7 Å². The van der Waals surface area contributed by atoms with E-state index in [-0.39, 0.29) is 12.5 Å². The Morgan fingerprint density at radius 3 is 2.90 bits per heavy atom. The first kappa shape index (κ1) is 14.1. The number of piperidine rings is 1. The summed E-state index contributed by atoms with van der Waals surface area (Å²) in [4.78, 5) is 28.3. The zero-order valence-electron chi connectivity index (χ0n) is 11.3. The lowest BCUT2D eigenvalue weighted by molar-refractivity contribution is -0.143. The molecule has 1 amide bonds. The van der Waals surface area contributed by atoms with Crippen molar-refractivity contribution in [3.63, 3.8) is 0 Å². The van der Waals surface area contributed by atoms with Crippen LogP contribution in [0.1, 0.15) is 23.3 Å². The molecule has 1 atom stereocenters. The fraction of sp³-hybridized carbons (Fsp3) is 0.333. The number of halogens is 1. The number of benzene rings is 1. The summed E-state index contributed by atoms with van der Waals surface area (Å²) >= 11 is 3.40. The van der Waals surface area contributed by atoms with Gasteiger partial charge < -0.3 is 15.0 Å². The van der Waals surface area contributed by atoms with Gasteiger partial charge in [-0.25, -0.2) is 0 Å². The molecule has 1 aliphatic rings. The van der Waals surface area contributed by atoms with E-state index in [1.54, 1.807) is 4.90 Å². The largest absolute Gasteiger partial charge is 0.481 e. The number of carboxylic acids is 1. The second-order valence-corrected chi connectivity index (χ2v) is 6.26. The minimum Gasteiger partial charge on any atom is -0.481 e. The summed E-state index contributed by atoms with van der Waals surface area (Å²) in [6.45, 7) is 0.898. The van der Waals surface area contributed by atoms with Gasteiger partial charge in [-0.2, -0.15) is 0 Å². The van der Waals surface area contributed by atoms with Gasteiger partial charge in [0, 0.05) is 28.5 Å². The summed E-state index contributed by atoms with van der Waals surface area (Å²) < 4.78 is 0.955. The number of H-pyrrole nitrogens is 1. The molecule has 0 spiro atoms. The van der Waals surface area contributed by atoms with Crippen LogP contribution in [-0.4, -0.2) is 40.0 Å². The maximum absolute atomic E-state index is 12.5. The second-order valence-electron chi connectivity index (χ2n) is 5.34. The van der Waals surface area contributed by atoms with Gasteiger partial charge in [-0.1, -0.05) is 15.9 Å². The average Bonchev–Trinajstić information content (AvgIpc) is 2.89. The molecule has 5 nitrogen and oxygen atoms in total. The Bertz CT molecular complexity index is 710. The van der Waals surface area contributed by atoms with Crippen LogP contribution < -0.4 is 0 Å². The van der Waals surface area contributed by atoms with Gasteiger partial charge in [0.25, 0.3) is 5.91 Å². The Labute approximate surface area is 130 Å². The molecule has 1 unspecified atom stereocenters. The van der Waals surface area contributed by atoms with Gasteiger partial charge in [0.1, 0.15) is 5.69 Å². The van der Waals surface area contributed by atoms with Crippen molar-refractivity contribution in [2.75, 3.05) is 13.1 Å². The number of likely N-dealkylation sites (tertiary alicyclic amines) is 1. The number of fused-ring (bicyclic) bond motifs is 1. The van der Waals surface area contributed by atoms with Crippen LogP contribution in [0.5, 0.6) is 0 Å². The quantitative estimate of drug-likeness (QED) is 0.874. The summed E-state index contributed by atoms with van der Waals surface area (Å²) in [5.41, 5.74) is 1.41. The number of carboxylic acid groups (broad SMARTS) is 1. The molecule has 0 aliphatic carbocycles. The van der Waals surface area contributed by atoms with E-state index >= 15 is 0 Å². The molecular weight excluding hydrogens is 336 g/mol. The van der Waals surface area contributed by atoms with Crippen molar-refractivity contribution in [2.24, 2.45) is 5.92 Å². The number of nitrogens with zero attached hydrogens (tertiary/aromatic N) is 1. The highest BCUT2D eigenvalue weighted by Gasteiger charge is 2.29. The van der Waals surface area contributed by atoms with Gasteiger partial charge in [0.05, 0.1) is 5.92 Å². The summed E-state index contributed by atoms with van der Waals surface area (Å²) in [5.74, 6) is -1.41. The molecule has 1 fully saturated rings. The lowest BCUT2D eigenvalue weighted by Gasteiger charge is -2.30. The van der Waals surface area contributed by atoms with Gasteiger partial charge in [-0.05, 0) is 37.1 Å². The first-order valence-corrected chi connectivity index (χ1v) is 7.64. The second kappa shape index (κ2) is 5.52. The minimum atomic E-state index is -0.826. The molecule has 110 valence electrons. The lowest BCUT2D eigenvalue weighted by atomic mass is 9.98. The zero-order valence-corrected chi connectivity index (χ0v) is 12.9.